The lowest BCUT2D eigenvalue weighted by Gasteiger charge is -2.21. The first-order valence-electron chi connectivity index (χ1n) is 5.09. The van der Waals surface area contributed by atoms with Crippen LogP contribution in [-0.2, 0) is 6.54 Å². The number of benzene rings is 1. The molecule has 3 heteroatoms. The lowest BCUT2D eigenvalue weighted by atomic mass is 9.95. The SMILES string of the molecule is CC(C)(CO)CNCc1cccc(Cl)c1. The van der Waals surface area contributed by atoms with E-state index in [4.69, 9.17) is 16.7 Å². The second kappa shape index (κ2) is 5.50. The fourth-order valence-electron chi connectivity index (χ4n) is 1.25. The zero-order chi connectivity index (χ0) is 11.3. The van der Waals surface area contributed by atoms with Crippen molar-refractivity contribution in [3.05, 3.63) is 34.9 Å². The molecule has 0 aromatic heterocycles. The maximum Gasteiger partial charge on any atom is 0.0494 e. The molecule has 0 spiro atoms. The van der Waals surface area contributed by atoms with Crippen LogP contribution >= 0.6 is 11.6 Å². The number of halogens is 1. The smallest absolute Gasteiger partial charge is 0.0494 e. The molecule has 1 aromatic carbocycles. The Kier molecular flexibility index (Phi) is 4.58. The van der Waals surface area contributed by atoms with E-state index in [0.29, 0.717) is 0 Å². The third-order valence-electron chi connectivity index (χ3n) is 2.25. The first kappa shape index (κ1) is 12.5. The molecule has 1 rings (SSSR count). The van der Waals surface area contributed by atoms with Gasteiger partial charge in [-0.1, -0.05) is 37.6 Å². The highest BCUT2D eigenvalue weighted by Crippen LogP contribution is 2.13. The molecule has 0 aliphatic heterocycles. The van der Waals surface area contributed by atoms with Crippen LogP contribution in [0.25, 0.3) is 0 Å². The van der Waals surface area contributed by atoms with E-state index in [0.717, 1.165) is 23.7 Å². The minimum absolute atomic E-state index is 0.0709. The monoisotopic (exact) mass is 227 g/mol. The van der Waals surface area contributed by atoms with Crippen molar-refractivity contribution in [3.8, 4) is 0 Å². The summed E-state index contributed by atoms with van der Waals surface area (Å²) in [6, 6.07) is 7.78. The Hall–Kier alpha value is -0.570. The van der Waals surface area contributed by atoms with Crippen LogP contribution in [-0.4, -0.2) is 18.3 Å². The molecule has 0 amide bonds. The van der Waals surface area contributed by atoms with Gasteiger partial charge in [-0.05, 0) is 17.7 Å². The van der Waals surface area contributed by atoms with E-state index in [1.165, 1.54) is 0 Å². The topological polar surface area (TPSA) is 32.3 Å². The zero-order valence-corrected chi connectivity index (χ0v) is 10.0. The van der Waals surface area contributed by atoms with E-state index in [1.807, 2.05) is 38.1 Å². The van der Waals surface area contributed by atoms with Crippen molar-refractivity contribution in [1.82, 2.24) is 5.32 Å². The van der Waals surface area contributed by atoms with Crippen LogP contribution in [0.2, 0.25) is 5.02 Å². The summed E-state index contributed by atoms with van der Waals surface area (Å²) < 4.78 is 0. The van der Waals surface area contributed by atoms with E-state index in [1.54, 1.807) is 0 Å². The van der Waals surface area contributed by atoms with Gasteiger partial charge in [-0.2, -0.15) is 0 Å². The highest BCUT2D eigenvalue weighted by Gasteiger charge is 2.15. The zero-order valence-electron chi connectivity index (χ0n) is 9.26. The number of hydrogen-bond acceptors (Lipinski definition) is 2. The predicted octanol–water partition coefficient (Wildman–Crippen LogP) is 2.45. The van der Waals surface area contributed by atoms with Crippen molar-refractivity contribution in [2.75, 3.05) is 13.2 Å². The highest BCUT2D eigenvalue weighted by molar-refractivity contribution is 6.30. The Morgan fingerprint density at radius 3 is 2.73 bits per heavy atom. The highest BCUT2D eigenvalue weighted by atomic mass is 35.5. The second-order valence-corrected chi connectivity index (χ2v) is 4.99. The van der Waals surface area contributed by atoms with Gasteiger partial charge in [0.15, 0.2) is 0 Å². The van der Waals surface area contributed by atoms with Crippen LogP contribution in [0, 0.1) is 5.41 Å². The molecular formula is C12H18ClNO. The van der Waals surface area contributed by atoms with Crippen molar-refractivity contribution in [3.63, 3.8) is 0 Å². The fourth-order valence-corrected chi connectivity index (χ4v) is 1.46. The molecule has 0 saturated carbocycles. The lowest BCUT2D eigenvalue weighted by Crippen LogP contribution is -2.31. The molecule has 0 atom stereocenters. The summed E-state index contributed by atoms with van der Waals surface area (Å²) in [4.78, 5) is 0. The normalized spacial score (nSPS) is 11.7. The maximum atomic E-state index is 9.07. The number of hydrogen-bond donors (Lipinski definition) is 2. The molecule has 15 heavy (non-hydrogen) atoms. The van der Waals surface area contributed by atoms with Gasteiger partial charge in [-0.25, -0.2) is 0 Å². The minimum Gasteiger partial charge on any atom is -0.396 e. The molecule has 0 fully saturated rings. The molecule has 0 unspecified atom stereocenters. The van der Waals surface area contributed by atoms with Gasteiger partial charge in [0.25, 0.3) is 0 Å². The summed E-state index contributed by atoms with van der Waals surface area (Å²) in [6.45, 7) is 5.81. The molecule has 2 N–H and O–H groups in total. The van der Waals surface area contributed by atoms with Crippen molar-refractivity contribution in [2.24, 2.45) is 5.41 Å². The second-order valence-electron chi connectivity index (χ2n) is 4.56. The summed E-state index contributed by atoms with van der Waals surface area (Å²) in [5.74, 6) is 0. The number of aliphatic hydroxyl groups excluding tert-OH is 1. The predicted molar refractivity (Wildman–Crippen MR) is 64.0 cm³/mol. The molecule has 0 bridgehead atoms. The first-order valence-corrected chi connectivity index (χ1v) is 5.47. The Labute approximate surface area is 96.3 Å². The van der Waals surface area contributed by atoms with Gasteiger partial charge in [-0.15, -0.1) is 0 Å². The van der Waals surface area contributed by atoms with E-state index in [9.17, 15) is 0 Å². The number of aliphatic hydroxyl groups is 1. The number of rotatable bonds is 5. The van der Waals surface area contributed by atoms with Crippen LogP contribution in [0.4, 0.5) is 0 Å². The van der Waals surface area contributed by atoms with Crippen LogP contribution < -0.4 is 5.32 Å². The molecule has 2 nitrogen and oxygen atoms in total. The van der Waals surface area contributed by atoms with Gasteiger partial charge in [0.05, 0.1) is 0 Å². The van der Waals surface area contributed by atoms with E-state index in [2.05, 4.69) is 5.32 Å². The molecule has 84 valence electrons. The Morgan fingerprint density at radius 2 is 2.13 bits per heavy atom. The van der Waals surface area contributed by atoms with Gasteiger partial charge < -0.3 is 10.4 Å². The largest absolute Gasteiger partial charge is 0.396 e. The summed E-state index contributed by atoms with van der Waals surface area (Å²) in [5, 5.41) is 13.1. The average molecular weight is 228 g/mol. The molecule has 0 aliphatic carbocycles. The van der Waals surface area contributed by atoms with Gasteiger partial charge in [0.2, 0.25) is 0 Å². The van der Waals surface area contributed by atoms with Crippen molar-refractivity contribution < 1.29 is 5.11 Å². The van der Waals surface area contributed by atoms with Crippen LogP contribution in [0.5, 0.6) is 0 Å². The quantitative estimate of drug-likeness (QED) is 0.810. The molecule has 1 aromatic rings. The van der Waals surface area contributed by atoms with Crippen LogP contribution in [0.15, 0.2) is 24.3 Å². The fraction of sp³-hybridized carbons (Fsp3) is 0.500. The maximum absolute atomic E-state index is 9.07. The van der Waals surface area contributed by atoms with Crippen molar-refractivity contribution in [2.45, 2.75) is 20.4 Å². The minimum atomic E-state index is -0.0709. The third-order valence-corrected chi connectivity index (χ3v) is 2.48. The van der Waals surface area contributed by atoms with Gasteiger partial charge in [-0.3, -0.25) is 0 Å². The summed E-state index contributed by atoms with van der Waals surface area (Å²) in [5.41, 5.74) is 1.09. The molecule has 0 heterocycles. The van der Waals surface area contributed by atoms with E-state index >= 15 is 0 Å². The molecular weight excluding hydrogens is 210 g/mol. The van der Waals surface area contributed by atoms with Crippen LogP contribution in [0.3, 0.4) is 0 Å². The lowest BCUT2D eigenvalue weighted by molar-refractivity contribution is 0.156. The number of nitrogens with one attached hydrogen (secondary N) is 1. The average Bonchev–Trinajstić information content (AvgIpc) is 2.18. The van der Waals surface area contributed by atoms with Gasteiger partial charge in [0, 0.05) is 30.1 Å². The Balaban J connectivity index is 2.38. The van der Waals surface area contributed by atoms with E-state index in [-0.39, 0.29) is 12.0 Å². The van der Waals surface area contributed by atoms with Gasteiger partial charge >= 0.3 is 0 Å². The first-order chi connectivity index (χ1) is 7.03. The van der Waals surface area contributed by atoms with Gasteiger partial charge in [0.1, 0.15) is 0 Å². The summed E-state index contributed by atoms with van der Waals surface area (Å²) in [7, 11) is 0. The Bertz CT molecular complexity index is 312. The third kappa shape index (κ3) is 4.65. The summed E-state index contributed by atoms with van der Waals surface area (Å²) in [6.07, 6.45) is 0. The Morgan fingerprint density at radius 1 is 1.40 bits per heavy atom. The van der Waals surface area contributed by atoms with E-state index < -0.39 is 0 Å². The van der Waals surface area contributed by atoms with Crippen molar-refractivity contribution in [1.29, 1.82) is 0 Å². The standard InChI is InChI=1S/C12H18ClNO/c1-12(2,9-15)8-14-7-10-4-3-5-11(13)6-10/h3-6,14-15H,7-9H2,1-2H3. The molecule has 0 saturated heterocycles. The van der Waals surface area contributed by atoms with Crippen molar-refractivity contribution >= 4 is 11.6 Å². The molecule has 0 aliphatic rings. The van der Waals surface area contributed by atoms with Crippen LogP contribution in [0.1, 0.15) is 19.4 Å². The molecule has 0 radical (unpaired) electrons. The summed E-state index contributed by atoms with van der Waals surface area (Å²) >= 11 is 5.87.